The molecule has 0 radical (unpaired) electrons. The number of nitrogens with one attached hydrogen (secondary N) is 2. The molecule has 0 aliphatic carbocycles. The van der Waals surface area contributed by atoms with Crippen molar-refractivity contribution in [3.63, 3.8) is 0 Å². The Labute approximate surface area is 197 Å². The van der Waals surface area contributed by atoms with Gasteiger partial charge in [-0.1, -0.05) is 30.3 Å². The van der Waals surface area contributed by atoms with Crippen LogP contribution in [0.2, 0.25) is 0 Å². The Kier molecular flexibility index (Phi) is 13.7. The van der Waals surface area contributed by atoms with E-state index in [1.165, 1.54) is 5.56 Å². The summed E-state index contributed by atoms with van der Waals surface area (Å²) in [6.45, 7) is 4.90. The lowest BCUT2D eigenvalue weighted by Crippen LogP contribution is -2.31. The topological polar surface area (TPSA) is 64.1 Å². The van der Waals surface area contributed by atoms with Gasteiger partial charge in [0, 0.05) is 32.0 Å². The highest BCUT2D eigenvalue weighted by molar-refractivity contribution is 14.0. The normalized spacial score (nSPS) is 10.8. The number of guanidine groups is 1. The minimum Gasteiger partial charge on any atom is -0.493 e. The van der Waals surface area contributed by atoms with Gasteiger partial charge in [0.25, 0.3) is 0 Å². The van der Waals surface area contributed by atoms with Crippen LogP contribution in [0.3, 0.4) is 0 Å². The van der Waals surface area contributed by atoms with Gasteiger partial charge in [-0.15, -0.1) is 24.0 Å². The van der Waals surface area contributed by atoms with Crippen LogP contribution >= 0.6 is 24.0 Å². The molecule has 2 aromatic rings. The molecule has 0 spiro atoms. The molecule has 0 saturated carbocycles. The molecule has 166 valence electrons. The van der Waals surface area contributed by atoms with E-state index in [1.54, 1.807) is 14.2 Å². The van der Waals surface area contributed by atoms with Gasteiger partial charge in [-0.2, -0.15) is 0 Å². The first-order chi connectivity index (χ1) is 14.3. The molecule has 0 aliphatic heterocycles. The highest BCUT2D eigenvalue weighted by Crippen LogP contribution is 2.30. The Morgan fingerprint density at radius 3 is 2.50 bits per heavy atom. The number of unbranched alkanes of at least 4 members (excludes halogenated alkanes) is 1. The third-order valence-corrected chi connectivity index (χ3v) is 4.34. The lowest BCUT2D eigenvalue weighted by molar-refractivity contribution is 0.133. The summed E-state index contributed by atoms with van der Waals surface area (Å²) in [5, 5.41) is 6.61. The summed E-state index contributed by atoms with van der Waals surface area (Å²) in [4.78, 5) is 4.27. The van der Waals surface area contributed by atoms with Gasteiger partial charge in [-0.05, 0) is 43.9 Å². The van der Waals surface area contributed by atoms with Crippen molar-refractivity contribution in [3.05, 3.63) is 54.1 Å². The molecule has 0 bridgehead atoms. The van der Waals surface area contributed by atoms with Crippen molar-refractivity contribution in [2.24, 2.45) is 4.99 Å². The van der Waals surface area contributed by atoms with Crippen LogP contribution in [0.4, 0.5) is 5.69 Å². The fourth-order valence-corrected chi connectivity index (χ4v) is 2.81. The fourth-order valence-electron chi connectivity index (χ4n) is 2.81. The fraction of sp³-hybridized carbons (Fsp3) is 0.435. The predicted octanol–water partition coefficient (Wildman–Crippen LogP) is 4.74. The zero-order valence-electron chi connectivity index (χ0n) is 18.1. The number of anilines is 1. The molecule has 0 unspecified atom stereocenters. The number of hydrogen-bond donors (Lipinski definition) is 2. The molecule has 6 nitrogen and oxygen atoms in total. The number of hydrogen-bond acceptors (Lipinski definition) is 4. The molecule has 2 aromatic carbocycles. The van der Waals surface area contributed by atoms with Crippen LogP contribution in [0, 0.1) is 0 Å². The molecule has 0 fully saturated rings. The van der Waals surface area contributed by atoms with Crippen molar-refractivity contribution in [2.45, 2.75) is 26.2 Å². The van der Waals surface area contributed by atoms with Gasteiger partial charge in [0.05, 0.1) is 20.3 Å². The van der Waals surface area contributed by atoms with E-state index in [4.69, 9.17) is 14.2 Å². The van der Waals surface area contributed by atoms with E-state index >= 15 is 0 Å². The van der Waals surface area contributed by atoms with Gasteiger partial charge in [-0.25, -0.2) is 0 Å². The van der Waals surface area contributed by atoms with Crippen LogP contribution in [0.1, 0.15) is 25.3 Å². The first kappa shape index (κ1) is 26.0. The minimum absolute atomic E-state index is 0. The number of nitrogens with zero attached hydrogens (tertiary/aromatic N) is 1. The predicted molar refractivity (Wildman–Crippen MR) is 135 cm³/mol. The largest absolute Gasteiger partial charge is 0.493 e. The van der Waals surface area contributed by atoms with Crippen molar-refractivity contribution >= 4 is 35.6 Å². The molecular weight excluding hydrogens is 493 g/mol. The average molecular weight is 527 g/mol. The minimum atomic E-state index is 0. The smallest absolute Gasteiger partial charge is 0.195 e. The zero-order chi connectivity index (χ0) is 20.7. The Hall–Kier alpha value is -2.00. The van der Waals surface area contributed by atoms with Crippen molar-refractivity contribution in [2.75, 3.05) is 45.8 Å². The van der Waals surface area contributed by atoms with Gasteiger partial charge in [0.15, 0.2) is 17.5 Å². The van der Waals surface area contributed by atoms with Crippen molar-refractivity contribution in [1.29, 1.82) is 0 Å². The molecule has 0 aliphatic rings. The van der Waals surface area contributed by atoms with Crippen LogP contribution in [0.15, 0.2) is 53.5 Å². The van der Waals surface area contributed by atoms with Crippen molar-refractivity contribution < 1.29 is 14.2 Å². The molecule has 0 atom stereocenters. The first-order valence-corrected chi connectivity index (χ1v) is 10.2. The van der Waals surface area contributed by atoms with Gasteiger partial charge in [0.2, 0.25) is 0 Å². The van der Waals surface area contributed by atoms with E-state index in [2.05, 4.69) is 39.9 Å². The number of aliphatic imine (C=N–C) groups is 1. The Balaban J connectivity index is 0.00000450. The first-order valence-electron chi connectivity index (χ1n) is 10.2. The van der Waals surface area contributed by atoms with Crippen LogP contribution in [-0.4, -0.2) is 46.5 Å². The molecule has 0 amide bonds. The third-order valence-electron chi connectivity index (χ3n) is 4.34. The molecule has 0 saturated heterocycles. The van der Waals surface area contributed by atoms with Crippen molar-refractivity contribution in [1.82, 2.24) is 5.32 Å². The Morgan fingerprint density at radius 1 is 1.00 bits per heavy atom. The molecular formula is C23H34IN3O3. The number of methoxy groups -OCH3 is 1. The van der Waals surface area contributed by atoms with Crippen molar-refractivity contribution in [3.8, 4) is 11.5 Å². The average Bonchev–Trinajstić information content (AvgIpc) is 2.76. The molecule has 0 heterocycles. The quantitative estimate of drug-likeness (QED) is 0.181. The van der Waals surface area contributed by atoms with Gasteiger partial charge in [-0.3, -0.25) is 4.99 Å². The molecule has 30 heavy (non-hydrogen) atoms. The van der Waals surface area contributed by atoms with Crippen LogP contribution < -0.4 is 20.1 Å². The van der Waals surface area contributed by atoms with E-state index in [0.29, 0.717) is 18.1 Å². The summed E-state index contributed by atoms with van der Waals surface area (Å²) >= 11 is 0. The van der Waals surface area contributed by atoms with Crippen LogP contribution in [0.5, 0.6) is 11.5 Å². The van der Waals surface area contributed by atoms with Crippen LogP contribution in [0.25, 0.3) is 0 Å². The Bertz CT molecular complexity index is 742. The van der Waals surface area contributed by atoms with Gasteiger partial charge in [0.1, 0.15) is 0 Å². The summed E-state index contributed by atoms with van der Waals surface area (Å²) in [6.07, 6.45) is 2.98. The number of benzene rings is 2. The number of ether oxygens (including phenoxy) is 3. The summed E-state index contributed by atoms with van der Waals surface area (Å²) < 4.78 is 16.7. The maximum atomic E-state index is 5.73. The number of halogens is 1. The summed E-state index contributed by atoms with van der Waals surface area (Å²) in [7, 11) is 3.39. The molecule has 0 aromatic heterocycles. The maximum Gasteiger partial charge on any atom is 0.195 e. The maximum absolute atomic E-state index is 5.73. The van der Waals surface area contributed by atoms with Crippen LogP contribution in [-0.2, 0) is 11.2 Å². The zero-order valence-corrected chi connectivity index (χ0v) is 20.5. The van der Waals surface area contributed by atoms with E-state index in [9.17, 15) is 0 Å². The summed E-state index contributed by atoms with van der Waals surface area (Å²) in [5.74, 6) is 2.15. The SMILES string of the molecule is CCOc1cc(NC(=NC)NCCCCOCCc2ccccc2)ccc1OC.I. The highest BCUT2D eigenvalue weighted by Gasteiger charge is 2.06. The van der Waals surface area contributed by atoms with E-state index in [1.807, 2.05) is 31.2 Å². The highest BCUT2D eigenvalue weighted by atomic mass is 127. The van der Waals surface area contributed by atoms with E-state index in [0.717, 1.165) is 50.7 Å². The monoisotopic (exact) mass is 527 g/mol. The second kappa shape index (κ2) is 15.8. The number of rotatable bonds is 12. The second-order valence-electron chi connectivity index (χ2n) is 6.48. The molecule has 2 rings (SSSR count). The Morgan fingerprint density at radius 2 is 1.80 bits per heavy atom. The van der Waals surface area contributed by atoms with Gasteiger partial charge >= 0.3 is 0 Å². The van der Waals surface area contributed by atoms with E-state index in [-0.39, 0.29) is 24.0 Å². The standard InChI is InChI=1S/C23H33N3O3.HI/c1-4-29-22-18-20(12-13-21(22)27-3)26-23(24-2)25-15-8-9-16-28-17-14-19-10-6-5-7-11-19;/h5-7,10-13,18H,4,8-9,14-17H2,1-3H3,(H2,24,25,26);1H. The molecule has 2 N–H and O–H groups in total. The molecule has 7 heteroatoms. The second-order valence-corrected chi connectivity index (χ2v) is 6.48. The lowest BCUT2D eigenvalue weighted by Gasteiger charge is -2.14. The van der Waals surface area contributed by atoms with Gasteiger partial charge < -0.3 is 24.8 Å². The summed E-state index contributed by atoms with van der Waals surface area (Å²) in [6, 6.07) is 16.2. The third kappa shape index (κ3) is 9.67. The van der Waals surface area contributed by atoms with E-state index < -0.39 is 0 Å². The lowest BCUT2D eigenvalue weighted by atomic mass is 10.2. The summed E-state index contributed by atoms with van der Waals surface area (Å²) in [5.41, 5.74) is 2.21.